The fourth-order valence-corrected chi connectivity index (χ4v) is 4.08. The van der Waals surface area contributed by atoms with Crippen LogP contribution < -0.4 is 14.9 Å². The molecule has 0 unspecified atom stereocenters. The van der Waals surface area contributed by atoms with Crippen molar-refractivity contribution in [2.45, 2.75) is 6.92 Å². The number of furan rings is 1. The average molecular weight is 476 g/mol. The van der Waals surface area contributed by atoms with Gasteiger partial charge in [-0.25, -0.2) is 4.98 Å². The maximum atomic E-state index is 13.2. The molecular formula is C25H25N5O5. The minimum Gasteiger partial charge on any atom is -0.618 e. The van der Waals surface area contributed by atoms with E-state index in [0.717, 1.165) is 15.8 Å². The van der Waals surface area contributed by atoms with Crippen LogP contribution in [0.5, 0.6) is 0 Å². The summed E-state index contributed by atoms with van der Waals surface area (Å²) in [6.07, 6.45) is 0. The third kappa shape index (κ3) is 4.35. The van der Waals surface area contributed by atoms with Crippen molar-refractivity contribution in [1.29, 1.82) is 0 Å². The van der Waals surface area contributed by atoms with Crippen LogP contribution in [0.4, 0.5) is 11.6 Å². The predicted molar refractivity (Wildman–Crippen MR) is 130 cm³/mol. The Morgan fingerprint density at radius 2 is 1.94 bits per heavy atom. The van der Waals surface area contributed by atoms with Gasteiger partial charge in [0.05, 0.1) is 19.8 Å². The molecule has 2 aromatic carbocycles. The van der Waals surface area contributed by atoms with Crippen LogP contribution in [0.3, 0.4) is 0 Å². The molecule has 0 bridgehead atoms. The van der Waals surface area contributed by atoms with E-state index in [1.165, 1.54) is 4.90 Å². The fourth-order valence-electron chi connectivity index (χ4n) is 4.08. The lowest BCUT2D eigenvalue weighted by molar-refractivity contribution is -0.584. The molecule has 10 heteroatoms. The van der Waals surface area contributed by atoms with Crippen LogP contribution in [0.2, 0.25) is 0 Å². The summed E-state index contributed by atoms with van der Waals surface area (Å²) in [5.41, 5.74) is 2.47. The third-order valence-electron chi connectivity index (χ3n) is 6.13. The van der Waals surface area contributed by atoms with Crippen molar-refractivity contribution in [1.82, 2.24) is 9.88 Å². The van der Waals surface area contributed by atoms with E-state index in [2.05, 4.69) is 10.3 Å². The van der Waals surface area contributed by atoms with Crippen molar-refractivity contribution in [3.05, 3.63) is 65.1 Å². The summed E-state index contributed by atoms with van der Waals surface area (Å²) >= 11 is 0. The van der Waals surface area contributed by atoms with Gasteiger partial charge in [-0.2, -0.15) is 4.73 Å². The number of hydrogen-bond acceptors (Lipinski definition) is 7. The molecule has 1 N–H and O–H groups in total. The summed E-state index contributed by atoms with van der Waals surface area (Å²) in [5, 5.41) is 16.6. The number of para-hydroxylation sites is 2. The topological polar surface area (TPSA) is 115 Å². The Kier molecular flexibility index (Phi) is 5.96. The van der Waals surface area contributed by atoms with Gasteiger partial charge in [-0.3, -0.25) is 14.5 Å². The van der Waals surface area contributed by atoms with Crippen molar-refractivity contribution in [2.75, 3.05) is 50.1 Å². The van der Waals surface area contributed by atoms with E-state index >= 15 is 0 Å². The number of nitrogens with one attached hydrogen (secondary N) is 1. The standard InChI is InChI=1S/C25H25N5O5/c1-16-24(27-19-5-3-4-6-20(19)30(16)33)25(32)28(2)23-14-17-13-18(7-8-21(17)35-23)26-15-22(31)29-9-11-34-12-10-29/h3-8,13-14,26H,9-12,15H2,1-2H3. The Morgan fingerprint density at radius 3 is 2.74 bits per heavy atom. The number of hydrogen-bond donors (Lipinski definition) is 1. The van der Waals surface area contributed by atoms with Crippen molar-refractivity contribution >= 4 is 45.4 Å². The number of fused-ring (bicyclic) bond motifs is 2. The molecule has 35 heavy (non-hydrogen) atoms. The number of anilines is 2. The molecule has 2 aromatic heterocycles. The minimum absolute atomic E-state index is 0.0143. The van der Waals surface area contributed by atoms with E-state index in [9.17, 15) is 14.8 Å². The van der Waals surface area contributed by atoms with Crippen LogP contribution in [-0.4, -0.2) is 61.6 Å². The first-order chi connectivity index (χ1) is 16.9. The maximum absolute atomic E-state index is 13.2. The first-order valence-corrected chi connectivity index (χ1v) is 11.3. The van der Waals surface area contributed by atoms with Gasteiger partial charge in [0.2, 0.25) is 23.0 Å². The van der Waals surface area contributed by atoms with E-state index in [0.29, 0.717) is 48.8 Å². The summed E-state index contributed by atoms with van der Waals surface area (Å²) in [4.78, 5) is 33.1. The molecule has 0 atom stereocenters. The monoisotopic (exact) mass is 475 g/mol. The van der Waals surface area contributed by atoms with Crippen LogP contribution in [0.1, 0.15) is 16.2 Å². The molecule has 0 aliphatic carbocycles. The first-order valence-electron chi connectivity index (χ1n) is 11.3. The van der Waals surface area contributed by atoms with Crippen molar-refractivity contribution in [3.8, 4) is 0 Å². The van der Waals surface area contributed by atoms with Gasteiger partial charge < -0.3 is 24.6 Å². The van der Waals surface area contributed by atoms with Gasteiger partial charge in [-0.15, -0.1) is 0 Å². The van der Waals surface area contributed by atoms with E-state index in [-0.39, 0.29) is 23.8 Å². The largest absolute Gasteiger partial charge is 0.618 e. The molecule has 3 heterocycles. The Bertz CT molecular complexity index is 1430. The van der Waals surface area contributed by atoms with Gasteiger partial charge in [-0.1, -0.05) is 12.1 Å². The normalized spacial score (nSPS) is 13.8. The molecule has 0 radical (unpaired) electrons. The lowest BCUT2D eigenvalue weighted by Crippen LogP contribution is -2.43. The van der Waals surface area contributed by atoms with Gasteiger partial charge >= 0.3 is 0 Å². The summed E-state index contributed by atoms with van der Waals surface area (Å²) in [5.74, 6) is -0.120. The van der Waals surface area contributed by atoms with E-state index in [4.69, 9.17) is 9.15 Å². The summed E-state index contributed by atoms with van der Waals surface area (Å²) < 4.78 is 11.9. The molecule has 0 spiro atoms. The van der Waals surface area contributed by atoms with Crippen LogP contribution >= 0.6 is 0 Å². The van der Waals surface area contributed by atoms with Crippen LogP contribution in [0.25, 0.3) is 22.0 Å². The first kappa shape index (κ1) is 22.6. The predicted octanol–water partition coefficient (Wildman–Crippen LogP) is 2.47. The summed E-state index contributed by atoms with van der Waals surface area (Å²) in [7, 11) is 1.58. The smallest absolute Gasteiger partial charge is 0.285 e. The Balaban J connectivity index is 1.34. The van der Waals surface area contributed by atoms with Crippen molar-refractivity contribution < 1.29 is 23.5 Å². The Hall–Kier alpha value is -4.18. The van der Waals surface area contributed by atoms with Gasteiger partial charge in [0.15, 0.2) is 5.69 Å². The molecule has 2 amide bonds. The van der Waals surface area contributed by atoms with Crippen LogP contribution in [0, 0.1) is 12.1 Å². The van der Waals surface area contributed by atoms with E-state index in [1.54, 1.807) is 55.3 Å². The molecular weight excluding hydrogens is 450 g/mol. The second-order valence-corrected chi connectivity index (χ2v) is 8.38. The zero-order valence-electron chi connectivity index (χ0n) is 19.5. The fraction of sp³-hybridized carbons (Fsp3) is 0.280. The Labute approximate surface area is 201 Å². The number of nitrogens with zero attached hydrogens (tertiary/aromatic N) is 4. The highest BCUT2D eigenvalue weighted by molar-refractivity contribution is 6.05. The Morgan fingerprint density at radius 1 is 1.17 bits per heavy atom. The van der Waals surface area contributed by atoms with Gasteiger partial charge in [0.25, 0.3) is 5.91 Å². The lowest BCUT2D eigenvalue weighted by atomic mass is 10.2. The lowest BCUT2D eigenvalue weighted by Gasteiger charge is -2.27. The van der Waals surface area contributed by atoms with Gasteiger partial charge in [-0.05, 0) is 24.3 Å². The molecule has 0 saturated carbocycles. The molecule has 5 rings (SSSR count). The van der Waals surface area contributed by atoms with Crippen LogP contribution in [-0.2, 0) is 9.53 Å². The quantitative estimate of drug-likeness (QED) is 0.348. The number of morpholine rings is 1. The highest BCUT2D eigenvalue weighted by Gasteiger charge is 2.26. The molecule has 180 valence electrons. The summed E-state index contributed by atoms with van der Waals surface area (Å²) in [6.45, 7) is 4.07. The van der Waals surface area contributed by atoms with Crippen LogP contribution in [0.15, 0.2) is 52.9 Å². The molecule has 1 aliphatic heterocycles. The van der Waals surface area contributed by atoms with E-state index < -0.39 is 5.91 Å². The third-order valence-corrected chi connectivity index (χ3v) is 6.13. The SMILES string of the molecule is Cc1c(C(=O)N(C)c2cc3cc(NCC(=O)N4CCOCC4)ccc3o2)nc2ccccc2[n+]1[O-]. The molecule has 1 saturated heterocycles. The second-order valence-electron chi connectivity index (χ2n) is 8.38. The highest BCUT2D eigenvalue weighted by atomic mass is 16.5. The van der Waals surface area contributed by atoms with Crippen molar-refractivity contribution in [3.63, 3.8) is 0 Å². The molecule has 10 nitrogen and oxygen atoms in total. The number of amides is 2. The average Bonchev–Trinajstić information content (AvgIpc) is 3.32. The number of rotatable bonds is 5. The van der Waals surface area contributed by atoms with Gasteiger partial charge in [0.1, 0.15) is 11.1 Å². The van der Waals surface area contributed by atoms with E-state index in [1.807, 2.05) is 12.1 Å². The number of benzene rings is 2. The zero-order chi connectivity index (χ0) is 24.5. The maximum Gasteiger partial charge on any atom is 0.285 e. The van der Waals surface area contributed by atoms with Crippen molar-refractivity contribution in [2.24, 2.45) is 0 Å². The molecule has 1 aliphatic rings. The minimum atomic E-state index is -0.452. The highest BCUT2D eigenvalue weighted by Crippen LogP contribution is 2.29. The zero-order valence-corrected chi connectivity index (χ0v) is 19.5. The summed E-state index contributed by atoms with van der Waals surface area (Å²) in [6, 6.07) is 14.1. The number of carbonyl (C=O) groups excluding carboxylic acids is 2. The number of ether oxygens (including phenoxy) is 1. The number of aromatic nitrogens is 2. The molecule has 1 fully saturated rings. The van der Waals surface area contributed by atoms with Gasteiger partial charge in [0, 0.05) is 50.3 Å². The molecule has 4 aromatic rings. The number of carbonyl (C=O) groups is 2. The second kappa shape index (κ2) is 9.22.